The quantitative estimate of drug-likeness (QED) is 0.851. The summed E-state index contributed by atoms with van der Waals surface area (Å²) in [6, 6.07) is 8.88. The molecular weight excluding hydrogens is 315 g/mol. The Morgan fingerprint density at radius 2 is 1.95 bits per heavy atom. The predicted molar refractivity (Wildman–Crippen MR) is 73.5 cm³/mol. The van der Waals surface area contributed by atoms with Gasteiger partial charge in [0.25, 0.3) is 5.91 Å². The molecule has 1 amide bonds. The predicted octanol–water partition coefficient (Wildman–Crippen LogP) is 3.06. The summed E-state index contributed by atoms with van der Waals surface area (Å²) in [6.45, 7) is 0. The average molecular weight is 325 g/mol. The first kappa shape index (κ1) is 13.4. The molecule has 0 bridgehead atoms. The van der Waals surface area contributed by atoms with Crippen LogP contribution in [0.2, 0.25) is 0 Å². The third-order valence-corrected chi connectivity index (χ3v) is 2.90. The molecule has 2 aromatic rings. The highest BCUT2D eigenvalue weighted by Crippen LogP contribution is 2.30. The monoisotopic (exact) mass is 324 g/mol. The molecule has 0 atom stereocenters. The fraction of sp³-hybridized carbons (Fsp3) is 0. The lowest BCUT2D eigenvalue weighted by Crippen LogP contribution is -2.12. The number of primary amides is 1. The molecule has 0 spiro atoms. The number of hydrogen-bond acceptors (Lipinski definition) is 3. The number of carbonyl (C=O) groups is 1. The Morgan fingerprint density at radius 1 is 1.21 bits per heavy atom. The van der Waals surface area contributed by atoms with Crippen molar-refractivity contribution in [2.45, 2.75) is 0 Å². The molecule has 0 saturated heterocycles. The number of benzene rings is 2. The summed E-state index contributed by atoms with van der Waals surface area (Å²) < 4.78 is 19.8. The second-order valence-corrected chi connectivity index (χ2v) is 4.71. The average Bonchev–Trinajstić information content (AvgIpc) is 2.33. The fourth-order valence-electron chi connectivity index (χ4n) is 1.48. The van der Waals surface area contributed by atoms with Crippen LogP contribution < -0.4 is 16.2 Å². The number of amides is 1. The topological polar surface area (TPSA) is 78.3 Å². The largest absolute Gasteiger partial charge is 0.455 e. The van der Waals surface area contributed by atoms with Crippen molar-refractivity contribution in [2.24, 2.45) is 5.73 Å². The van der Waals surface area contributed by atoms with E-state index >= 15 is 0 Å². The van der Waals surface area contributed by atoms with Gasteiger partial charge in [0.1, 0.15) is 11.6 Å². The van der Waals surface area contributed by atoms with Gasteiger partial charge in [-0.05, 0) is 30.3 Å². The van der Waals surface area contributed by atoms with Crippen molar-refractivity contribution in [3.8, 4) is 11.5 Å². The molecule has 0 heterocycles. The Labute approximate surface area is 117 Å². The van der Waals surface area contributed by atoms with Crippen LogP contribution >= 0.6 is 15.9 Å². The van der Waals surface area contributed by atoms with E-state index in [1.54, 1.807) is 18.2 Å². The SMILES string of the molecule is NC(=O)c1ccc(Oc2cc(Br)ccc2N)cc1F. The zero-order chi connectivity index (χ0) is 14.0. The lowest BCUT2D eigenvalue weighted by Gasteiger charge is -2.09. The maximum atomic E-state index is 13.6. The van der Waals surface area contributed by atoms with E-state index in [0.29, 0.717) is 11.4 Å². The van der Waals surface area contributed by atoms with Crippen LogP contribution in [0.15, 0.2) is 40.9 Å². The molecule has 0 aromatic heterocycles. The van der Waals surface area contributed by atoms with E-state index in [-0.39, 0.29) is 11.3 Å². The van der Waals surface area contributed by atoms with E-state index in [0.717, 1.165) is 10.5 Å². The number of ether oxygens (including phenoxy) is 1. The summed E-state index contributed by atoms with van der Waals surface area (Å²) >= 11 is 3.28. The van der Waals surface area contributed by atoms with Crippen molar-refractivity contribution in [3.63, 3.8) is 0 Å². The van der Waals surface area contributed by atoms with Crippen molar-refractivity contribution in [3.05, 3.63) is 52.3 Å². The zero-order valence-corrected chi connectivity index (χ0v) is 11.3. The molecule has 0 aliphatic rings. The van der Waals surface area contributed by atoms with E-state index in [9.17, 15) is 9.18 Å². The fourth-order valence-corrected chi connectivity index (χ4v) is 1.82. The second-order valence-electron chi connectivity index (χ2n) is 3.79. The number of nitrogens with two attached hydrogens (primary N) is 2. The smallest absolute Gasteiger partial charge is 0.251 e. The van der Waals surface area contributed by atoms with Crippen molar-refractivity contribution >= 4 is 27.5 Å². The molecular formula is C13H10BrFN2O2. The van der Waals surface area contributed by atoms with Crippen molar-refractivity contribution in [2.75, 3.05) is 5.73 Å². The van der Waals surface area contributed by atoms with Crippen LogP contribution in [0.4, 0.5) is 10.1 Å². The molecule has 0 unspecified atom stereocenters. The Balaban J connectivity index is 2.31. The van der Waals surface area contributed by atoms with Crippen molar-refractivity contribution < 1.29 is 13.9 Å². The molecule has 0 aliphatic carbocycles. The minimum Gasteiger partial charge on any atom is -0.455 e. The van der Waals surface area contributed by atoms with Crippen LogP contribution in [0, 0.1) is 5.82 Å². The highest BCUT2D eigenvalue weighted by atomic mass is 79.9. The van der Waals surface area contributed by atoms with Crippen molar-refractivity contribution in [1.29, 1.82) is 0 Å². The van der Waals surface area contributed by atoms with Gasteiger partial charge in [-0.1, -0.05) is 15.9 Å². The van der Waals surface area contributed by atoms with Gasteiger partial charge in [0.05, 0.1) is 11.3 Å². The number of rotatable bonds is 3. The van der Waals surface area contributed by atoms with Gasteiger partial charge < -0.3 is 16.2 Å². The van der Waals surface area contributed by atoms with Gasteiger partial charge >= 0.3 is 0 Å². The highest BCUT2D eigenvalue weighted by molar-refractivity contribution is 9.10. The molecule has 98 valence electrons. The standard InChI is InChI=1S/C13H10BrFN2O2/c14-7-1-4-11(16)12(5-7)19-8-2-3-9(13(17)18)10(15)6-8/h1-6H,16H2,(H2,17,18). The molecule has 0 radical (unpaired) electrons. The lowest BCUT2D eigenvalue weighted by atomic mass is 10.2. The third kappa shape index (κ3) is 3.03. The molecule has 6 heteroatoms. The van der Waals surface area contributed by atoms with Gasteiger partial charge in [0.15, 0.2) is 5.75 Å². The summed E-state index contributed by atoms with van der Waals surface area (Å²) in [6.07, 6.45) is 0. The first-order valence-electron chi connectivity index (χ1n) is 5.29. The number of nitrogen functional groups attached to an aromatic ring is 1. The summed E-state index contributed by atoms with van der Waals surface area (Å²) in [5.41, 5.74) is 11.0. The van der Waals surface area contributed by atoms with Crippen LogP contribution in [0.25, 0.3) is 0 Å². The summed E-state index contributed by atoms with van der Waals surface area (Å²) in [5.74, 6) is -0.947. The van der Waals surface area contributed by atoms with Gasteiger partial charge in [-0.25, -0.2) is 4.39 Å². The molecule has 0 saturated carbocycles. The molecule has 2 aromatic carbocycles. The molecule has 19 heavy (non-hydrogen) atoms. The summed E-state index contributed by atoms with van der Waals surface area (Å²) in [4.78, 5) is 10.9. The van der Waals surface area contributed by atoms with Crippen LogP contribution in [-0.2, 0) is 0 Å². The molecule has 0 fully saturated rings. The van der Waals surface area contributed by atoms with Crippen LogP contribution in [0.3, 0.4) is 0 Å². The minimum absolute atomic E-state index is 0.186. The van der Waals surface area contributed by atoms with E-state index in [4.69, 9.17) is 16.2 Å². The minimum atomic E-state index is -0.828. The number of hydrogen-bond donors (Lipinski definition) is 2. The normalized spacial score (nSPS) is 10.2. The zero-order valence-electron chi connectivity index (χ0n) is 9.69. The highest BCUT2D eigenvalue weighted by Gasteiger charge is 2.10. The third-order valence-electron chi connectivity index (χ3n) is 2.41. The maximum Gasteiger partial charge on any atom is 0.251 e. The molecule has 4 N–H and O–H groups in total. The van der Waals surface area contributed by atoms with Crippen LogP contribution in [0.1, 0.15) is 10.4 Å². The van der Waals surface area contributed by atoms with E-state index in [1.165, 1.54) is 12.1 Å². The van der Waals surface area contributed by atoms with Gasteiger partial charge in [0, 0.05) is 10.5 Å². The van der Waals surface area contributed by atoms with Crippen LogP contribution in [-0.4, -0.2) is 5.91 Å². The molecule has 0 aliphatic heterocycles. The van der Waals surface area contributed by atoms with E-state index in [1.807, 2.05) is 0 Å². The van der Waals surface area contributed by atoms with Gasteiger partial charge in [0.2, 0.25) is 0 Å². The number of carbonyl (C=O) groups excluding carboxylic acids is 1. The molecule has 2 rings (SSSR count). The maximum absolute atomic E-state index is 13.6. The Morgan fingerprint density at radius 3 is 2.58 bits per heavy atom. The van der Waals surface area contributed by atoms with Gasteiger partial charge in [-0.15, -0.1) is 0 Å². The second kappa shape index (κ2) is 5.27. The first-order valence-corrected chi connectivity index (χ1v) is 6.09. The number of halogens is 2. The Kier molecular flexibility index (Phi) is 3.71. The lowest BCUT2D eigenvalue weighted by molar-refractivity contribution is 0.0996. The van der Waals surface area contributed by atoms with Gasteiger partial charge in [-0.2, -0.15) is 0 Å². The molecule has 4 nitrogen and oxygen atoms in total. The van der Waals surface area contributed by atoms with Crippen LogP contribution in [0.5, 0.6) is 11.5 Å². The number of anilines is 1. The Bertz CT molecular complexity index is 647. The van der Waals surface area contributed by atoms with Gasteiger partial charge in [-0.3, -0.25) is 4.79 Å². The van der Waals surface area contributed by atoms with Crippen molar-refractivity contribution in [1.82, 2.24) is 0 Å². The Hall–Kier alpha value is -2.08. The summed E-state index contributed by atoms with van der Waals surface area (Å²) in [7, 11) is 0. The van der Waals surface area contributed by atoms with E-state index in [2.05, 4.69) is 15.9 Å². The summed E-state index contributed by atoms with van der Waals surface area (Å²) in [5, 5.41) is 0. The van der Waals surface area contributed by atoms with E-state index < -0.39 is 11.7 Å². The first-order chi connectivity index (χ1) is 8.97.